The quantitative estimate of drug-likeness (QED) is 0.625. The summed E-state index contributed by atoms with van der Waals surface area (Å²) in [4.78, 5) is 6.84. The molecule has 0 saturated carbocycles. The largest absolute Gasteiger partial charge is 0.393 e. The summed E-state index contributed by atoms with van der Waals surface area (Å²) in [5.41, 5.74) is 0.919. The fourth-order valence-electron chi connectivity index (χ4n) is 1.21. The first-order valence-corrected chi connectivity index (χ1v) is 3.83. The van der Waals surface area contributed by atoms with Gasteiger partial charge in [-0.1, -0.05) is 12.2 Å². The molecule has 0 aliphatic carbocycles. The number of rotatable bonds is 2. The fraction of sp³-hybridized carbons (Fsp3) is 0.375. The number of aliphatic hydroxyl groups is 1. The van der Waals surface area contributed by atoms with E-state index in [2.05, 4.69) is 9.97 Å². The molecule has 0 radical (unpaired) electrons. The Balaban J connectivity index is 2.06. The van der Waals surface area contributed by atoms with Gasteiger partial charge in [0.2, 0.25) is 0 Å². The van der Waals surface area contributed by atoms with Gasteiger partial charge in [0, 0.05) is 0 Å². The van der Waals surface area contributed by atoms with Crippen LogP contribution in [0.3, 0.4) is 0 Å². The van der Waals surface area contributed by atoms with Crippen molar-refractivity contribution in [2.24, 2.45) is 0 Å². The summed E-state index contributed by atoms with van der Waals surface area (Å²) in [5.74, 6) is 0. The highest BCUT2D eigenvalue weighted by Crippen LogP contribution is 2.24. The molecule has 64 valence electrons. The molecule has 2 N–H and O–H groups in total. The van der Waals surface area contributed by atoms with Gasteiger partial charge < -0.3 is 14.8 Å². The zero-order chi connectivity index (χ0) is 8.39. The molecule has 2 heterocycles. The fourth-order valence-corrected chi connectivity index (χ4v) is 1.21. The van der Waals surface area contributed by atoms with Crippen molar-refractivity contribution in [2.45, 2.75) is 12.2 Å². The van der Waals surface area contributed by atoms with E-state index in [1.54, 1.807) is 12.5 Å². The maximum absolute atomic E-state index is 8.78. The van der Waals surface area contributed by atoms with E-state index in [1.807, 2.05) is 12.2 Å². The molecule has 0 spiro atoms. The molecule has 2 atom stereocenters. The molecule has 1 aromatic heterocycles. The predicted molar refractivity (Wildman–Crippen MR) is 42.4 cm³/mol. The molecule has 0 amide bonds. The molecule has 0 aromatic carbocycles. The minimum absolute atomic E-state index is 0.0289. The van der Waals surface area contributed by atoms with Gasteiger partial charge in [-0.2, -0.15) is 0 Å². The van der Waals surface area contributed by atoms with E-state index >= 15 is 0 Å². The van der Waals surface area contributed by atoms with Crippen molar-refractivity contribution in [3.05, 3.63) is 30.4 Å². The minimum Gasteiger partial charge on any atom is -0.393 e. The molecule has 2 rings (SSSR count). The van der Waals surface area contributed by atoms with E-state index in [-0.39, 0.29) is 18.8 Å². The van der Waals surface area contributed by atoms with E-state index < -0.39 is 0 Å². The number of nitrogens with one attached hydrogen (secondary N) is 1. The van der Waals surface area contributed by atoms with Crippen LogP contribution < -0.4 is 0 Å². The summed E-state index contributed by atoms with van der Waals surface area (Å²) in [6.45, 7) is 0.0289. The number of imidazole rings is 1. The third kappa shape index (κ3) is 1.26. The van der Waals surface area contributed by atoms with Gasteiger partial charge in [-0.15, -0.1) is 0 Å². The molecule has 1 aromatic rings. The van der Waals surface area contributed by atoms with Crippen LogP contribution in [0.4, 0.5) is 0 Å². The lowest BCUT2D eigenvalue weighted by Crippen LogP contribution is -2.11. The molecular weight excluding hydrogens is 156 g/mol. The molecule has 0 unspecified atom stereocenters. The van der Waals surface area contributed by atoms with Crippen LogP contribution in [0.1, 0.15) is 11.8 Å². The zero-order valence-corrected chi connectivity index (χ0v) is 6.47. The molecular formula is C8H10N2O2. The number of hydrogen-bond acceptors (Lipinski definition) is 3. The molecule has 0 fully saturated rings. The Morgan fingerprint density at radius 2 is 2.50 bits per heavy atom. The van der Waals surface area contributed by atoms with Crippen molar-refractivity contribution in [1.82, 2.24) is 9.97 Å². The van der Waals surface area contributed by atoms with Crippen LogP contribution in [0.2, 0.25) is 0 Å². The Hall–Kier alpha value is -1.13. The third-order valence-corrected chi connectivity index (χ3v) is 1.83. The van der Waals surface area contributed by atoms with Gasteiger partial charge in [0.1, 0.15) is 12.2 Å². The molecule has 0 bridgehead atoms. The van der Waals surface area contributed by atoms with Crippen LogP contribution in [0.25, 0.3) is 0 Å². The summed E-state index contributed by atoms with van der Waals surface area (Å²) < 4.78 is 5.42. The topological polar surface area (TPSA) is 58.1 Å². The first-order chi connectivity index (χ1) is 5.90. The van der Waals surface area contributed by atoms with E-state index in [0.29, 0.717) is 0 Å². The summed E-state index contributed by atoms with van der Waals surface area (Å²) in [6, 6.07) is 0. The SMILES string of the molecule is OC[C@@H]1C=C[C@H](c2cnc[nH]2)O1. The second-order valence-corrected chi connectivity index (χ2v) is 2.67. The van der Waals surface area contributed by atoms with Gasteiger partial charge >= 0.3 is 0 Å². The van der Waals surface area contributed by atoms with Crippen molar-refractivity contribution in [3.8, 4) is 0 Å². The van der Waals surface area contributed by atoms with E-state index in [1.165, 1.54) is 0 Å². The molecule has 0 saturated heterocycles. The maximum Gasteiger partial charge on any atom is 0.118 e. The van der Waals surface area contributed by atoms with Gasteiger partial charge in [0.25, 0.3) is 0 Å². The summed E-state index contributed by atoms with van der Waals surface area (Å²) in [6.07, 6.45) is 6.84. The summed E-state index contributed by atoms with van der Waals surface area (Å²) in [5, 5.41) is 8.78. The van der Waals surface area contributed by atoms with Crippen LogP contribution in [-0.2, 0) is 4.74 Å². The normalized spacial score (nSPS) is 28.1. The lowest BCUT2D eigenvalue weighted by atomic mass is 10.3. The average Bonchev–Trinajstić information content (AvgIpc) is 2.75. The first kappa shape index (κ1) is 7.52. The monoisotopic (exact) mass is 166 g/mol. The molecule has 1 aliphatic rings. The zero-order valence-electron chi connectivity index (χ0n) is 6.47. The van der Waals surface area contributed by atoms with Crippen LogP contribution in [0.15, 0.2) is 24.7 Å². The second kappa shape index (κ2) is 3.08. The van der Waals surface area contributed by atoms with Crippen LogP contribution >= 0.6 is 0 Å². The Morgan fingerprint density at radius 1 is 1.58 bits per heavy atom. The lowest BCUT2D eigenvalue weighted by Gasteiger charge is -2.09. The smallest absolute Gasteiger partial charge is 0.118 e. The van der Waals surface area contributed by atoms with Gasteiger partial charge in [-0.05, 0) is 0 Å². The van der Waals surface area contributed by atoms with E-state index in [0.717, 1.165) is 5.69 Å². The van der Waals surface area contributed by atoms with Crippen molar-refractivity contribution >= 4 is 0 Å². The second-order valence-electron chi connectivity index (χ2n) is 2.67. The Morgan fingerprint density at radius 3 is 3.08 bits per heavy atom. The standard InChI is InChI=1S/C8H10N2O2/c11-4-6-1-2-8(12-6)7-3-9-5-10-7/h1-3,5-6,8,11H,4H2,(H,9,10)/t6-,8+/m0/s1. The van der Waals surface area contributed by atoms with Gasteiger partial charge in [0.15, 0.2) is 0 Å². The highest BCUT2D eigenvalue weighted by atomic mass is 16.5. The number of hydrogen-bond donors (Lipinski definition) is 2. The number of H-pyrrole nitrogens is 1. The van der Waals surface area contributed by atoms with Gasteiger partial charge in [-0.3, -0.25) is 0 Å². The van der Waals surface area contributed by atoms with Gasteiger partial charge in [-0.25, -0.2) is 4.98 Å². The van der Waals surface area contributed by atoms with Crippen molar-refractivity contribution in [1.29, 1.82) is 0 Å². The molecule has 1 aliphatic heterocycles. The van der Waals surface area contributed by atoms with Crippen molar-refractivity contribution in [2.75, 3.05) is 6.61 Å². The molecule has 4 heteroatoms. The number of aromatic amines is 1. The highest BCUT2D eigenvalue weighted by Gasteiger charge is 2.20. The summed E-state index contributed by atoms with van der Waals surface area (Å²) >= 11 is 0. The number of ether oxygens (including phenoxy) is 1. The number of nitrogens with zero attached hydrogens (tertiary/aromatic N) is 1. The van der Waals surface area contributed by atoms with E-state index in [4.69, 9.17) is 9.84 Å². The molecule has 12 heavy (non-hydrogen) atoms. The van der Waals surface area contributed by atoms with Gasteiger partial charge in [0.05, 0.1) is 24.8 Å². The van der Waals surface area contributed by atoms with Crippen LogP contribution in [0, 0.1) is 0 Å². The number of aliphatic hydroxyl groups excluding tert-OH is 1. The minimum atomic E-state index is -0.168. The Bertz CT molecular complexity index is 269. The average molecular weight is 166 g/mol. The van der Waals surface area contributed by atoms with Crippen LogP contribution in [0.5, 0.6) is 0 Å². The first-order valence-electron chi connectivity index (χ1n) is 3.83. The summed E-state index contributed by atoms with van der Waals surface area (Å²) in [7, 11) is 0. The van der Waals surface area contributed by atoms with Crippen molar-refractivity contribution < 1.29 is 9.84 Å². The third-order valence-electron chi connectivity index (χ3n) is 1.83. The highest BCUT2D eigenvalue weighted by molar-refractivity contribution is 5.13. The Kier molecular flexibility index (Phi) is 1.93. The molecule has 4 nitrogen and oxygen atoms in total. The van der Waals surface area contributed by atoms with Crippen LogP contribution in [-0.4, -0.2) is 27.8 Å². The van der Waals surface area contributed by atoms with E-state index in [9.17, 15) is 0 Å². The lowest BCUT2D eigenvalue weighted by molar-refractivity contribution is 0.0236. The Labute approximate surface area is 69.9 Å². The predicted octanol–water partition coefficient (Wildman–Crippen LogP) is 0.398. The maximum atomic E-state index is 8.78. The van der Waals surface area contributed by atoms with Crippen molar-refractivity contribution in [3.63, 3.8) is 0 Å². The number of aromatic nitrogens is 2.